The number of aromatic nitrogens is 1. The van der Waals surface area contributed by atoms with E-state index in [4.69, 9.17) is 28.2 Å². The van der Waals surface area contributed by atoms with E-state index in [0.717, 1.165) is 31.8 Å². The van der Waals surface area contributed by atoms with Crippen molar-refractivity contribution in [2.75, 3.05) is 18.0 Å². The number of hydrogen-bond acceptors (Lipinski definition) is 4. The van der Waals surface area contributed by atoms with Crippen LogP contribution in [-0.4, -0.2) is 32.8 Å². The van der Waals surface area contributed by atoms with E-state index in [1.165, 1.54) is 4.57 Å². The third kappa shape index (κ3) is 2.00. The van der Waals surface area contributed by atoms with Gasteiger partial charge in [0.25, 0.3) is 0 Å². The predicted octanol–water partition coefficient (Wildman–Crippen LogP) is 2.67. The number of oxazole rings is 1. The number of hydrogen-bond donors (Lipinski definition) is 0. The molecule has 2 fully saturated rings. The Morgan fingerprint density at radius 3 is 2.65 bits per heavy atom. The third-order valence-corrected chi connectivity index (χ3v) is 5.05. The van der Waals surface area contributed by atoms with Gasteiger partial charge in [0.1, 0.15) is 5.82 Å². The Morgan fingerprint density at radius 1 is 1.26 bits per heavy atom. The molecule has 0 unspecified atom stereocenters. The van der Waals surface area contributed by atoms with Gasteiger partial charge in [0.05, 0.1) is 16.2 Å². The first-order valence-electron chi connectivity index (χ1n) is 7.36. The molecule has 0 N–H and O–H groups in total. The van der Waals surface area contributed by atoms with Gasteiger partial charge in [-0.15, -0.1) is 0 Å². The second-order valence-electron chi connectivity index (χ2n) is 5.69. The maximum atomic E-state index is 11.7. The number of thiocarbonyl (C=S) groups is 1. The molecule has 0 amide bonds. The van der Waals surface area contributed by atoms with Gasteiger partial charge in [-0.25, -0.2) is 4.79 Å². The quantitative estimate of drug-likeness (QED) is 0.737. The summed E-state index contributed by atoms with van der Waals surface area (Å²) < 4.78 is 6.62. The van der Waals surface area contributed by atoms with Crippen LogP contribution in [0.25, 0.3) is 11.1 Å². The highest BCUT2D eigenvalue weighted by Gasteiger charge is 2.38. The highest BCUT2D eigenvalue weighted by molar-refractivity contribution is 7.80. The highest BCUT2D eigenvalue weighted by atomic mass is 35.5. The lowest BCUT2D eigenvalue weighted by molar-refractivity contribution is 0.0757. The van der Waals surface area contributed by atoms with Gasteiger partial charge in [-0.3, -0.25) is 19.5 Å². The number of rotatable bonds is 1. The Kier molecular flexibility index (Phi) is 3.18. The molecule has 0 bridgehead atoms. The fraction of sp³-hybridized carbons (Fsp3) is 0.333. The molecule has 2 aliphatic rings. The van der Waals surface area contributed by atoms with Crippen LogP contribution in [0.2, 0.25) is 5.02 Å². The van der Waals surface area contributed by atoms with Crippen LogP contribution in [0.15, 0.2) is 33.7 Å². The van der Waals surface area contributed by atoms with E-state index in [2.05, 4.69) is 16.6 Å². The van der Waals surface area contributed by atoms with Crippen LogP contribution < -0.4 is 10.7 Å². The average Bonchev–Trinajstić information content (AvgIpc) is 2.95. The van der Waals surface area contributed by atoms with Crippen LogP contribution in [0.3, 0.4) is 0 Å². The van der Waals surface area contributed by atoms with Crippen LogP contribution in [0, 0.1) is 0 Å². The second kappa shape index (κ2) is 5.01. The van der Waals surface area contributed by atoms with Crippen LogP contribution >= 0.6 is 23.8 Å². The number of hydrazine groups is 1. The van der Waals surface area contributed by atoms with Gasteiger partial charge in [-0.1, -0.05) is 18.2 Å². The van der Waals surface area contributed by atoms with Crippen LogP contribution in [0.5, 0.6) is 0 Å². The normalized spacial score (nSPS) is 18.3. The van der Waals surface area contributed by atoms with E-state index in [1.54, 1.807) is 13.1 Å². The van der Waals surface area contributed by atoms with Crippen molar-refractivity contribution in [2.45, 2.75) is 12.8 Å². The molecule has 0 atom stereocenters. The van der Waals surface area contributed by atoms with E-state index < -0.39 is 5.76 Å². The fourth-order valence-electron chi connectivity index (χ4n) is 3.12. The summed E-state index contributed by atoms with van der Waals surface area (Å²) in [6.45, 7) is 5.93. The molecule has 1 aromatic heterocycles. The topological polar surface area (TPSA) is 44.9 Å². The molecule has 120 valence electrons. The largest absolute Gasteiger partial charge is 0.419 e. The Hall–Kier alpha value is -1.99. The lowest BCUT2D eigenvalue weighted by Crippen LogP contribution is -2.42. The molecule has 4 rings (SSSR count). The SMILES string of the molecule is C=C1N(c2cc3c(cc2Cl)oc(=O)n3C)C(=S)N2CCCCN12. The molecule has 0 spiro atoms. The van der Waals surface area contributed by atoms with Crippen molar-refractivity contribution in [1.29, 1.82) is 0 Å². The molecule has 23 heavy (non-hydrogen) atoms. The smallest absolute Gasteiger partial charge is 0.408 e. The summed E-state index contributed by atoms with van der Waals surface area (Å²) in [6.07, 6.45) is 2.20. The maximum Gasteiger partial charge on any atom is 0.419 e. The summed E-state index contributed by atoms with van der Waals surface area (Å²) in [5.74, 6) is 0.363. The number of fused-ring (bicyclic) bond motifs is 2. The monoisotopic (exact) mass is 350 g/mol. The van der Waals surface area contributed by atoms with Crippen molar-refractivity contribution in [2.24, 2.45) is 7.05 Å². The molecule has 0 aliphatic carbocycles. The molecule has 6 nitrogen and oxygen atoms in total. The van der Waals surface area contributed by atoms with Crippen LogP contribution in [0.1, 0.15) is 12.8 Å². The first-order valence-corrected chi connectivity index (χ1v) is 8.14. The first-order chi connectivity index (χ1) is 11.0. The fourth-order valence-corrected chi connectivity index (χ4v) is 3.76. The zero-order chi connectivity index (χ0) is 16.3. The predicted molar refractivity (Wildman–Crippen MR) is 93.3 cm³/mol. The van der Waals surface area contributed by atoms with E-state index >= 15 is 0 Å². The third-order valence-electron chi connectivity index (χ3n) is 4.35. The summed E-state index contributed by atoms with van der Waals surface area (Å²) in [4.78, 5) is 13.6. The molecule has 2 aliphatic heterocycles. The molecule has 1 aromatic carbocycles. The van der Waals surface area contributed by atoms with Crippen molar-refractivity contribution < 1.29 is 4.42 Å². The number of aryl methyl sites for hydroxylation is 1. The van der Waals surface area contributed by atoms with Gasteiger partial charge >= 0.3 is 5.76 Å². The molecule has 0 saturated carbocycles. The zero-order valence-electron chi connectivity index (χ0n) is 12.6. The van der Waals surface area contributed by atoms with Crippen molar-refractivity contribution >= 4 is 45.7 Å². The van der Waals surface area contributed by atoms with Gasteiger partial charge in [-0.2, -0.15) is 0 Å². The van der Waals surface area contributed by atoms with Gasteiger partial charge in [0.15, 0.2) is 5.58 Å². The van der Waals surface area contributed by atoms with Gasteiger partial charge in [0, 0.05) is 26.2 Å². The lowest BCUT2D eigenvalue weighted by Gasteiger charge is -2.33. The summed E-state index contributed by atoms with van der Waals surface area (Å²) >= 11 is 12.0. The van der Waals surface area contributed by atoms with Crippen molar-refractivity contribution in [3.63, 3.8) is 0 Å². The Labute approximate surface area is 143 Å². The molecular formula is C15H15ClN4O2S. The standard InChI is InChI=1S/C15H15ClN4O2S/c1-9-18-5-3-4-6-19(18)14(23)20(9)11-8-12-13(7-10(11)16)22-15(21)17(12)2/h7-8H,1,3-6H2,2H3. The Morgan fingerprint density at radius 2 is 1.96 bits per heavy atom. The average molecular weight is 351 g/mol. The highest BCUT2D eigenvalue weighted by Crippen LogP contribution is 2.38. The van der Waals surface area contributed by atoms with Crippen molar-refractivity contribution in [3.05, 3.63) is 40.1 Å². The molecule has 3 heterocycles. The number of nitrogens with zero attached hydrogens (tertiary/aromatic N) is 4. The summed E-state index contributed by atoms with van der Waals surface area (Å²) in [6, 6.07) is 3.47. The van der Waals surface area contributed by atoms with E-state index in [0.29, 0.717) is 26.9 Å². The van der Waals surface area contributed by atoms with Gasteiger partial charge in [-0.05, 0) is 31.1 Å². The van der Waals surface area contributed by atoms with Gasteiger partial charge < -0.3 is 4.42 Å². The van der Waals surface area contributed by atoms with Crippen LogP contribution in [-0.2, 0) is 7.05 Å². The minimum atomic E-state index is -0.419. The summed E-state index contributed by atoms with van der Waals surface area (Å²) in [5.41, 5.74) is 1.84. The Balaban J connectivity index is 1.86. The van der Waals surface area contributed by atoms with E-state index in [9.17, 15) is 4.79 Å². The van der Waals surface area contributed by atoms with E-state index in [-0.39, 0.29) is 0 Å². The van der Waals surface area contributed by atoms with Crippen molar-refractivity contribution in [3.8, 4) is 0 Å². The molecule has 0 radical (unpaired) electrons. The minimum absolute atomic E-state index is 0.419. The molecule has 2 saturated heterocycles. The molecule has 2 aromatic rings. The maximum absolute atomic E-state index is 11.7. The minimum Gasteiger partial charge on any atom is -0.408 e. The van der Waals surface area contributed by atoms with Gasteiger partial charge in [0.2, 0.25) is 5.11 Å². The van der Waals surface area contributed by atoms with Crippen molar-refractivity contribution in [1.82, 2.24) is 14.6 Å². The molecule has 8 heteroatoms. The second-order valence-corrected chi connectivity index (χ2v) is 6.46. The summed E-state index contributed by atoms with van der Waals surface area (Å²) in [7, 11) is 1.66. The number of anilines is 1. The van der Waals surface area contributed by atoms with E-state index in [1.807, 2.05) is 11.0 Å². The lowest BCUT2D eigenvalue weighted by atomic mass is 10.2. The number of benzene rings is 1. The van der Waals surface area contributed by atoms with Crippen LogP contribution in [0.4, 0.5) is 5.69 Å². The summed E-state index contributed by atoms with van der Waals surface area (Å²) in [5, 5.41) is 5.26. The first kappa shape index (κ1) is 14.6. The molecular weight excluding hydrogens is 336 g/mol. The Bertz CT molecular complexity index is 879. The zero-order valence-corrected chi connectivity index (χ0v) is 14.2. The number of halogens is 1.